The number of nitrogens with zero attached hydrogens (tertiary/aromatic N) is 3. The highest BCUT2D eigenvalue weighted by Crippen LogP contribution is 2.38. The number of thioether (sulfide) groups is 1. The van der Waals surface area contributed by atoms with Gasteiger partial charge in [0, 0.05) is 28.9 Å². The molecule has 3 heterocycles. The Balaban J connectivity index is 1.80. The Morgan fingerprint density at radius 2 is 2.15 bits per heavy atom. The van der Waals surface area contributed by atoms with Crippen LogP contribution in [0.15, 0.2) is 41.7 Å². The summed E-state index contributed by atoms with van der Waals surface area (Å²) in [5, 5.41) is 3.52. The number of pyridine rings is 2. The number of alkyl halides is 2. The van der Waals surface area contributed by atoms with Gasteiger partial charge in [-0.05, 0) is 37.6 Å². The van der Waals surface area contributed by atoms with Crippen LogP contribution in [0, 0.1) is 0 Å². The number of amidine groups is 1. The van der Waals surface area contributed by atoms with Crippen LogP contribution in [0.1, 0.15) is 48.4 Å². The van der Waals surface area contributed by atoms with E-state index in [4.69, 9.17) is 5.73 Å². The minimum absolute atomic E-state index is 0.0499. The fourth-order valence-corrected chi connectivity index (χ4v) is 4.03. The van der Waals surface area contributed by atoms with Gasteiger partial charge in [0.25, 0.3) is 12.3 Å². The van der Waals surface area contributed by atoms with Crippen molar-refractivity contribution in [3.63, 3.8) is 0 Å². The van der Waals surface area contributed by atoms with Crippen LogP contribution in [0.2, 0.25) is 0 Å². The average Bonchev–Trinajstić information content (AvgIpc) is 2.61. The SMILES string of the molecule is C[C@@H]1C[C@@](C)(c2cc(NC(=O)c3ccc(C(F)F)cn3)ccn2)N=C(N)S1. The van der Waals surface area contributed by atoms with Gasteiger partial charge in [-0.2, -0.15) is 0 Å². The summed E-state index contributed by atoms with van der Waals surface area (Å²) in [6.07, 6.45) is 0.722. The molecule has 142 valence electrons. The third-order valence-corrected chi connectivity index (χ3v) is 5.11. The summed E-state index contributed by atoms with van der Waals surface area (Å²) in [7, 11) is 0. The molecule has 1 amide bonds. The molecule has 9 heteroatoms. The minimum Gasteiger partial charge on any atom is -0.379 e. The van der Waals surface area contributed by atoms with Gasteiger partial charge in [0.1, 0.15) is 11.2 Å². The highest BCUT2D eigenvalue weighted by Gasteiger charge is 2.34. The Morgan fingerprint density at radius 1 is 1.37 bits per heavy atom. The zero-order chi connectivity index (χ0) is 19.6. The number of hydrogen-bond acceptors (Lipinski definition) is 6. The lowest BCUT2D eigenvalue weighted by Gasteiger charge is -2.32. The fraction of sp³-hybridized carbons (Fsp3) is 0.333. The lowest BCUT2D eigenvalue weighted by molar-refractivity contribution is 0.102. The molecule has 3 N–H and O–H groups in total. The number of anilines is 1. The van der Waals surface area contributed by atoms with E-state index in [0.717, 1.165) is 12.6 Å². The minimum atomic E-state index is -2.62. The Kier molecular flexibility index (Phi) is 5.41. The van der Waals surface area contributed by atoms with Gasteiger partial charge < -0.3 is 11.1 Å². The van der Waals surface area contributed by atoms with Crippen molar-refractivity contribution in [2.45, 2.75) is 37.5 Å². The molecule has 27 heavy (non-hydrogen) atoms. The number of carbonyl (C=O) groups is 1. The first-order valence-corrected chi connectivity index (χ1v) is 9.19. The molecule has 6 nitrogen and oxygen atoms in total. The number of amides is 1. The third kappa shape index (κ3) is 4.41. The van der Waals surface area contributed by atoms with Crippen molar-refractivity contribution in [3.8, 4) is 0 Å². The van der Waals surface area contributed by atoms with Crippen molar-refractivity contribution in [3.05, 3.63) is 53.6 Å². The molecule has 0 unspecified atom stereocenters. The van der Waals surface area contributed by atoms with Crippen molar-refractivity contribution in [2.24, 2.45) is 10.7 Å². The molecule has 3 rings (SSSR count). The van der Waals surface area contributed by atoms with Gasteiger partial charge >= 0.3 is 0 Å². The van der Waals surface area contributed by atoms with E-state index >= 15 is 0 Å². The fourth-order valence-electron chi connectivity index (χ4n) is 2.95. The van der Waals surface area contributed by atoms with Crippen LogP contribution in [0.25, 0.3) is 0 Å². The van der Waals surface area contributed by atoms with E-state index in [-0.39, 0.29) is 11.3 Å². The number of halogens is 2. The number of hydrogen-bond donors (Lipinski definition) is 2. The molecule has 2 aromatic rings. The molecule has 0 saturated heterocycles. The molecular formula is C18H19F2N5OS. The van der Waals surface area contributed by atoms with Gasteiger partial charge in [-0.25, -0.2) is 13.8 Å². The van der Waals surface area contributed by atoms with Crippen molar-refractivity contribution in [1.82, 2.24) is 9.97 Å². The number of aromatic nitrogens is 2. The van der Waals surface area contributed by atoms with E-state index in [1.165, 1.54) is 23.9 Å². The van der Waals surface area contributed by atoms with Crippen LogP contribution in [-0.4, -0.2) is 26.3 Å². The predicted octanol–water partition coefficient (Wildman–Crippen LogP) is 3.72. The van der Waals surface area contributed by atoms with E-state index in [0.29, 0.717) is 21.8 Å². The summed E-state index contributed by atoms with van der Waals surface area (Å²) >= 11 is 1.52. The number of nitrogens with one attached hydrogen (secondary N) is 1. The monoisotopic (exact) mass is 391 g/mol. The first-order valence-electron chi connectivity index (χ1n) is 8.31. The van der Waals surface area contributed by atoms with Crippen LogP contribution in [0.4, 0.5) is 14.5 Å². The topological polar surface area (TPSA) is 93.3 Å². The van der Waals surface area contributed by atoms with Crippen molar-refractivity contribution in [1.29, 1.82) is 0 Å². The van der Waals surface area contributed by atoms with Gasteiger partial charge in [-0.1, -0.05) is 18.7 Å². The molecule has 0 bridgehead atoms. The summed E-state index contributed by atoms with van der Waals surface area (Å²) in [6.45, 7) is 4.03. The summed E-state index contributed by atoms with van der Waals surface area (Å²) in [5.74, 6) is -0.492. The molecule has 1 aliphatic rings. The average molecular weight is 391 g/mol. The standard InChI is InChI=1S/C18H19F2N5OS/c1-10-8-18(2,25-17(21)27-10)14-7-12(5-6-22-14)24-16(26)13-4-3-11(9-23-13)15(19)20/h3-7,9-10,15H,8H2,1-2H3,(H2,21,25)(H,22,24,26)/t10-,18+/m1/s1. The van der Waals surface area contributed by atoms with Crippen molar-refractivity contribution < 1.29 is 13.6 Å². The molecule has 0 radical (unpaired) electrons. The molecule has 2 aromatic heterocycles. The smallest absolute Gasteiger partial charge is 0.274 e. The maximum atomic E-state index is 12.6. The molecule has 0 spiro atoms. The zero-order valence-corrected chi connectivity index (χ0v) is 15.6. The van der Waals surface area contributed by atoms with Gasteiger partial charge in [0.2, 0.25) is 0 Å². The first kappa shape index (κ1) is 19.2. The van der Waals surface area contributed by atoms with Gasteiger partial charge in [0.15, 0.2) is 5.17 Å². The van der Waals surface area contributed by atoms with Crippen molar-refractivity contribution >= 4 is 28.5 Å². The summed E-state index contributed by atoms with van der Waals surface area (Å²) in [5.41, 5.74) is 6.37. The molecule has 1 aliphatic heterocycles. The molecular weight excluding hydrogens is 372 g/mol. The normalized spacial score (nSPS) is 22.4. The number of aliphatic imine (C=N–C) groups is 1. The second-order valence-electron chi connectivity index (χ2n) is 6.52. The Morgan fingerprint density at radius 3 is 2.78 bits per heavy atom. The summed E-state index contributed by atoms with van der Waals surface area (Å²) in [4.78, 5) is 25.1. The van der Waals surface area contributed by atoms with Crippen LogP contribution in [0.5, 0.6) is 0 Å². The van der Waals surface area contributed by atoms with E-state index in [1.54, 1.807) is 18.3 Å². The highest BCUT2D eigenvalue weighted by molar-refractivity contribution is 8.14. The highest BCUT2D eigenvalue weighted by atomic mass is 32.2. The number of rotatable bonds is 4. The van der Waals surface area contributed by atoms with E-state index in [1.807, 2.05) is 6.92 Å². The predicted molar refractivity (Wildman–Crippen MR) is 102 cm³/mol. The second kappa shape index (κ2) is 7.59. The Labute approximate surface area is 159 Å². The summed E-state index contributed by atoms with van der Waals surface area (Å²) < 4.78 is 25.2. The second-order valence-corrected chi connectivity index (χ2v) is 7.98. The van der Waals surface area contributed by atoms with Gasteiger partial charge in [0.05, 0.1) is 5.69 Å². The zero-order valence-electron chi connectivity index (χ0n) is 14.8. The molecule has 0 aromatic carbocycles. The van der Waals surface area contributed by atoms with Crippen LogP contribution in [-0.2, 0) is 5.54 Å². The lowest BCUT2D eigenvalue weighted by atomic mass is 9.91. The maximum Gasteiger partial charge on any atom is 0.274 e. The molecule has 0 fully saturated rings. The van der Waals surface area contributed by atoms with E-state index in [2.05, 4.69) is 27.2 Å². The molecule has 0 aliphatic carbocycles. The molecule has 0 saturated carbocycles. The maximum absolute atomic E-state index is 12.6. The Hall–Kier alpha value is -2.55. The quantitative estimate of drug-likeness (QED) is 0.828. The third-order valence-electron chi connectivity index (χ3n) is 4.20. The van der Waals surface area contributed by atoms with Crippen LogP contribution >= 0.6 is 11.8 Å². The van der Waals surface area contributed by atoms with Crippen LogP contribution < -0.4 is 11.1 Å². The summed E-state index contributed by atoms with van der Waals surface area (Å²) in [6, 6.07) is 5.84. The first-order chi connectivity index (χ1) is 12.8. The molecule has 2 atom stereocenters. The number of carbonyl (C=O) groups excluding carboxylic acids is 1. The Bertz CT molecular complexity index is 874. The van der Waals surface area contributed by atoms with Gasteiger partial charge in [-0.15, -0.1) is 0 Å². The lowest BCUT2D eigenvalue weighted by Crippen LogP contribution is -2.33. The largest absolute Gasteiger partial charge is 0.379 e. The van der Waals surface area contributed by atoms with E-state index in [9.17, 15) is 13.6 Å². The van der Waals surface area contributed by atoms with E-state index < -0.39 is 17.9 Å². The number of nitrogens with two attached hydrogens (primary N) is 1. The van der Waals surface area contributed by atoms with Gasteiger partial charge in [-0.3, -0.25) is 14.8 Å². The van der Waals surface area contributed by atoms with Crippen LogP contribution in [0.3, 0.4) is 0 Å². The van der Waals surface area contributed by atoms with Crippen molar-refractivity contribution in [2.75, 3.05) is 5.32 Å².